The van der Waals surface area contributed by atoms with E-state index in [1.165, 1.54) is 6.26 Å². The number of anilines is 1. The Bertz CT molecular complexity index is 1050. The molecular formula is C19H14Cl2N4O3. The number of hydrogen-bond donors (Lipinski definition) is 0. The number of amides is 1. The minimum atomic E-state index is -0.157. The van der Waals surface area contributed by atoms with Crippen LogP contribution in [-0.4, -0.2) is 42.0 Å². The van der Waals surface area contributed by atoms with E-state index < -0.39 is 0 Å². The van der Waals surface area contributed by atoms with Crippen LogP contribution < -0.4 is 4.90 Å². The molecule has 1 amide bonds. The number of carbonyl (C=O) groups excluding carboxylic acids is 1. The van der Waals surface area contributed by atoms with Gasteiger partial charge in [0.15, 0.2) is 5.76 Å². The molecule has 0 aliphatic carbocycles. The fraction of sp³-hybridized carbons (Fsp3) is 0.211. The zero-order chi connectivity index (χ0) is 19.7. The van der Waals surface area contributed by atoms with Crippen LogP contribution in [0.1, 0.15) is 16.1 Å². The smallest absolute Gasteiger partial charge is 0.266 e. The molecule has 1 aromatic carbocycles. The van der Waals surface area contributed by atoms with Crippen molar-refractivity contribution in [3.8, 4) is 17.7 Å². The first-order valence-electron chi connectivity index (χ1n) is 8.51. The fourth-order valence-electron chi connectivity index (χ4n) is 3.05. The van der Waals surface area contributed by atoms with Gasteiger partial charge < -0.3 is 18.6 Å². The van der Waals surface area contributed by atoms with Crippen molar-refractivity contribution < 1.29 is 13.6 Å². The molecule has 3 heterocycles. The second kappa shape index (κ2) is 7.58. The zero-order valence-electron chi connectivity index (χ0n) is 14.6. The lowest BCUT2D eigenvalue weighted by molar-refractivity contribution is 0.0745. The standard InChI is InChI=1S/C19H14Cl2N4O3/c20-12-3-4-13(14(21)10-12)18(26)24-5-7-25(8-6-24)19-15(11-22)23-17(28-19)16-2-1-9-27-16/h1-4,9-10H,5-8H2. The van der Waals surface area contributed by atoms with Crippen LogP contribution in [0.15, 0.2) is 45.4 Å². The van der Waals surface area contributed by atoms with E-state index in [-0.39, 0.29) is 17.5 Å². The average Bonchev–Trinajstić information content (AvgIpc) is 3.37. The molecule has 1 aliphatic rings. The maximum absolute atomic E-state index is 12.7. The van der Waals surface area contributed by atoms with E-state index >= 15 is 0 Å². The number of piperazine rings is 1. The van der Waals surface area contributed by atoms with Crippen molar-refractivity contribution in [2.24, 2.45) is 0 Å². The summed E-state index contributed by atoms with van der Waals surface area (Å²) in [5.74, 6) is 0.929. The van der Waals surface area contributed by atoms with Gasteiger partial charge in [0.05, 0.1) is 16.8 Å². The Kier molecular flexibility index (Phi) is 4.99. The highest BCUT2D eigenvalue weighted by Gasteiger charge is 2.28. The van der Waals surface area contributed by atoms with Gasteiger partial charge >= 0.3 is 0 Å². The molecule has 0 radical (unpaired) electrons. The zero-order valence-corrected chi connectivity index (χ0v) is 16.1. The number of hydrogen-bond acceptors (Lipinski definition) is 6. The molecule has 28 heavy (non-hydrogen) atoms. The van der Waals surface area contributed by atoms with Gasteiger partial charge in [-0.1, -0.05) is 23.2 Å². The van der Waals surface area contributed by atoms with Crippen LogP contribution in [0.2, 0.25) is 10.0 Å². The number of furan rings is 1. The molecule has 0 N–H and O–H groups in total. The lowest BCUT2D eigenvalue weighted by Crippen LogP contribution is -2.49. The summed E-state index contributed by atoms with van der Waals surface area (Å²) in [7, 11) is 0. The molecule has 2 aromatic heterocycles. The number of benzene rings is 1. The van der Waals surface area contributed by atoms with E-state index in [0.717, 1.165) is 0 Å². The van der Waals surface area contributed by atoms with Crippen LogP contribution in [0.25, 0.3) is 11.7 Å². The Hall–Kier alpha value is -2.95. The summed E-state index contributed by atoms with van der Waals surface area (Å²) in [4.78, 5) is 20.5. The number of nitriles is 1. The van der Waals surface area contributed by atoms with Crippen LogP contribution in [0.4, 0.5) is 5.88 Å². The van der Waals surface area contributed by atoms with Crippen LogP contribution in [0.5, 0.6) is 0 Å². The van der Waals surface area contributed by atoms with Gasteiger partial charge in [-0.15, -0.1) is 0 Å². The number of halogens is 2. The summed E-state index contributed by atoms with van der Waals surface area (Å²) < 4.78 is 11.0. The summed E-state index contributed by atoms with van der Waals surface area (Å²) in [6.07, 6.45) is 1.51. The maximum Gasteiger partial charge on any atom is 0.266 e. The van der Waals surface area contributed by atoms with E-state index in [0.29, 0.717) is 53.4 Å². The first-order valence-corrected chi connectivity index (χ1v) is 9.26. The molecule has 0 unspecified atom stereocenters. The third-order valence-corrected chi connectivity index (χ3v) is 5.01. The molecule has 0 saturated carbocycles. The van der Waals surface area contributed by atoms with E-state index in [1.807, 2.05) is 11.0 Å². The minimum Gasteiger partial charge on any atom is -0.459 e. The number of nitrogens with zero attached hydrogens (tertiary/aromatic N) is 4. The maximum atomic E-state index is 12.7. The highest BCUT2D eigenvalue weighted by Crippen LogP contribution is 2.29. The molecule has 9 heteroatoms. The van der Waals surface area contributed by atoms with E-state index in [1.54, 1.807) is 35.2 Å². The Morgan fingerprint density at radius 2 is 1.96 bits per heavy atom. The van der Waals surface area contributed by atoms with Crippen LogP contribution in [0.3, 0.4) is 0 Å². The minimum absolute atomic E-state index is 0.157. The van der Waals surface area contributed by atoms with Crippen LogP contribution in [-0.2, 0) is 0 Å². The molecule has 7 nitrogen and oxygen atoms in total. The second-order valence-electron chi connectivity index (χ2n) is 6.17. The summed E-state index contributed by atoms with van der Waals surface area (Å²) in [5.41, 5.74) is 0.601. The molecule has 0 bridgehead atoms. The van der Waals surface area contributed by atoms with Crippen molar-refractivity contribution in [2.75, 3.05) is 31.1 Å². The van der Waals surface area contributed by atoms with Crippen molar-refractivity contribution in [3.05, 3.63) is 57.9 Å². The van der Waals surface area contributed by atoms with Crippen molar-refractivity contribution in [2.45, 2.75) is 0 Å². The molecular weight excluding hydrogens is 403 g/mol. The van der Waals surface area contributed by atoms with Crippen molar-refractivity contribution in [3.63, 3.8) is 0 Å². The van der Waals surface area contributed by atoms with Gasteiger partial charge in [-0.2, -0.15) is 10.2 Å². The Labute approximate surface area is 170 Å². The molecule has 4 rings (SSSR count). The summed E-state index contributed by atoms with van der Waals surface area (Å²) in [6.45, 7) is 1.91. The first kappa shape index (κ1) is 18.4. The molecule has 0 spiro atoms. The lowest BCUT2D eigenvalue weighted by Gasteiger charge is -2.34. The fourth-order valence-corrected chi connectivity index (χ4v) is 3.54. The number of aromatic nitrogens is 1. The molecule has 0 atom stereocenters. The normalized spacial score (nSPS) is 14.2. The van der Waals surface area contributed by atoms with Gasteiger partial charge in [0, 0.05) is 31.2 Å². The molecule has 142 valence electrons. The summed E-state index contributed by atoms with van der Waals surface area (Å²) in [5, 5.41) is 10.2. The molecule has 1 saturated heterocycles. The number of carbonyl (C=O) groups is 1. The van der Waals surface area contributed by atoms with Crippen molar-refractivity contribution in [1.29, 1.82) is 5.26 Å². The number of oxazole rings is 1. The first-order chi connectivity index (χ1) is 13.6. The predicted molar refractivity (Wildman–Crippen MR) is 103 cm³/mol. The molecule has 3 aromatic rings. The van der Waals surface area contributed by atoms with Gasteiger partial charge in [0.25, 0.3) is 11.8 Å². The monoisotopic (exact) mass is 416 g/mol. The molecule has 1 aliphatic heterocycles. The van der Waals surface area contributed by atoms with E-state index in [4.69, 9.17) is 32.0 Å². The van der Waals surface area contributed by atoms with Gasteiger partial charge in [-0.05, 0) is 30.3 Å². The van der Waals surface area contributed by atoms with Crippen molar-refractivity contribution in [1.82, 2.24) is 9.88 Å². The SMILES string of the molecule is N#Cc1nc(-c2ccco2)oc1N1CCN(C(=O)c2ccc(Cl)cc2Cl)CC1. The lowest BCUT2D eigenvalue weighted by atomic mass is 10.1. The highest BCUT2D eigenvalue weighted by molar-refractivity contribution is 6.36. The molecule has 1 fully saturated rings. The Morgan fingerprint density at radius 1 is 1.18 bits per heavy atom. The van der Waals surface area contributed by atoms with Crippen LogP contribution >= 0.6 is 23.2 Å². The quantitative estimate of drug-likeness (QED) is 0.639. The van der Waals surface area contributed by atoms with Gasteiger partial charge in [-0.25, -0.2) is 0 Å². The van der Waals surface area contributed by atoms with Crippen molar-refractivity contribution >= 4 is 35.0 Å². The predicted octanol–water partition coefficient (Wildman–Crippen LogP) is 4.08. The highest BCUT2D eigenvalue weighted by atomic mass is 35.5. The average molecular weight is 417 g/mol. The topological polar surface area (TPSA) is 86.5 Å². The van der Waals surface area contributed by atoms with Gasteiger partial charge in [0.1, 0.15) is 6.07 Å². The van der Waals surface area contributed by atoms with E-state index in [9.17, 15) is 10.1 Å². The van der Waals surface area contributed by atoms with Crippen LogP contribution in [0, 0.1) is 11.3 Å². The van der Waals surface area contributed by atoms with Gasteiger partial charge in [-0.3, -0.25) is 4.79 Å². The third-order valence-electron chi connectivity index (χ3n) is 4.46. The third kappa shape index (κ3) is 3.44. The second-order valence-corrected chi connectivity index (χ2v) is 7.01. The van der Waals surface area contributed by atoms with Gasteiger partial charge in [0.2, 0.25) is 11.6 Å². The van der Waals surface area contributed by atoms with E-state index in [2.05, 4.69) is 4.98 Å². The Morgan fingerprint density at radius 3 is 2.61 bits per heavy atom. The summed E-state index contributed by atoms with van der Waals surface area (Å²) in [6, 6.07) is 10.3. The number of rotatable bonds is 3. The summed E-state index contributed by atoms with van der Waals surface area (Å²) >= 11 is 12.0. The Balaban J connectivity index is 1.49. The largest absolute Gasteiger partial charge is 0.459 e.